The van der Waals surface area contributed by atoms with Crippen molar-refractivity contribution in [1.82, 2.24) is 5.32 Å². The summed E-state index contributed by atoms with van der Waals surface area (Å²) in [7, 11) is 0. The molecule has 130 valence electrons. The molecule has 0 unspecified atom stereocenters. The lowest BCUT2D eigenvalue weighted by molar-refractivity contribution is 0.0950. The van der Waals surface area contributed by atoms with E-state index in [1.165, 1.54) is 24.3 Å². The minimum atomic E-state index is -0.396. The molecule has 0 heterocycles. The summed E-state index contributed by atoms with van der Waals surface area (Å²) in [5.74, 6) is -0.927. The maximum absolute atomic E-state index is 12.9. The van der Waals surface area contributed by atoms with Crippen molar-refractivity contribution < 1.29 is 14.0 Å². The van der Waals surface area contributed by atoms with Crippen LogP contribution in [0.5, 0.6) is 0 Å². The Labute approximate surface area is 150 Å². The second-order valence-corrected chi connectivity index (χ2v) is 5.71. The van der Waals surface area contributed by atoms with Gasteiger partial charge in [0, 0.05) is 23.4 Å². The zero-order valence-electron chi connectivity index (χ0n) is 13.9. The summed E-state index contributed by atoms with van der Waals surface area (Å²) in [6, 6.07) is 21.5. The topological polar surface area (TPSA) is 58.2 Å². The molecular formula is C21H17FN2O2. The first-order valence-electron chi connectivity index (χ1n) is 8.11. The largest absolute Gasteiger partial charge is 0.348 e. The highest BCUT2D eigenvalue weighted by Crippen LogP contribution is 2.12. The highest BCUT2D eigenvalue weighted by molar-refractivity contribution is 6.04. The molecule has 0 spiro atoms. The fourth-order valence-electron chi connectivity index (χ4n) is 2.39. The third-order valence-corrected chi connectivity index (χ3v) is 3.81. The van der Waals surface area contributed by atoms with Gasteiger partial charge in [0.05, 0.1) is 0 Å². The molecule has 2 amide bonds. The third-order valence-electron chi connectivity index (χ3n) is 3.81. The van der Waals surface area contributed by atoms with Crippen LogP contribution >= 0.6 is 0 Å². The van der Waals surface area contributed by atoms with E-state index >= 15 is 0 Å². The van der Waals surface area contributed by atoms with Gasteiger partial charge < -0.3 is 10.6 Å². The lowest BCUT2D eigenvalue weighted by Gasteiger charge is -2.08. The van der Waals surface area contributed by atoms with Crippen molar-refractivity contribution in [2.75, 3.05) is 5.32 Å². The summed E-state index contributed by atoms with van der Waals surface area (Å²) in [5.41, 5.74) is 2.43. The SMILES string of the molecule is O=C(NCc1ccccc1)c1ccc(NC(=O)c2ccc(F)cc2)cc1. The second-order valence-electron chi connectivity index (χ2n) is 5.71. The van der Waals surface area contributed by atoms with Crippen LogP contribution in [-0.4, -0.2) is 11.8 Å². The van der Waals surface area contributed by atoms with Crippen molar-refractivity contribution in [2.24, 2.45) is 0 Å². The second kappa shape index (κ2) is 8.07. The number of benzene rings is 3. The van der Waals surface area contributed by atoms with Gasteiger partial charge in [0.2, 0.25) is 0 Å². The zero-order chi connectivity index (χ0) is 18.4. The number of anilines is 1. The number of hydrogen-bond donors (Lipinski definition) is 2. The predicted molar refractivity (Wildman–Crippen MR) is 98.4 cm³/mol. The molecule has 0 saturated heterocycles. The van der Waals surface area contributed by atoms with Crippen LogP contribution in [0.25, 0.3) is 0 Å². The minimum Gasteiger partial charge on any atom is -0.348 e. The van der Waals surface area contributed by atoms with Gasteiger partial charge >= 0.3 is 0 Å². The highest BCUT2D eigenvalue weighted by Gasteiger charge is 2.08. The summed E-state index contributed by atoms with van der Waals surface area (Å²) in [5, 5.41) is 5.55. The Morgan fingerprint density at radius 2 is 1.31 bits per heavy atom. The molecule has 3 aromatic rings. The Hall–Kier alpha value is -3.47. The first kappa shape index (κ1) is 17.4. The molecule has 0 bridgehead atoms. The van der Waals surface area contributed by atoms with E-state index in [0.29, 0.717) is 23.4 Å². The lowest BCUT2D eigenvalue weighted by Crippen LogP contribution is -2.22. The molecule has 0 aromatic heterocycles. The van der Waals surface area contributed by atoms with E-state index in [9.17, 15) is 14.0 Å². The summed E-state index contributed by atoms with van der Waals surface area (Å²) in [6.07, 6.45) is 0. The van der Waals surface area contributed by atoms with Gasteiger partial charge in [-0.05, 0) is 54.1 Å². The Kier molecular flexibility index (Phi) is 5.39. The van der Waals surface area contributed by atoms with Gasteiger partial charge in [-0.1, -0.05) is 30.3 Å². The third kappa shape index (κ3) is 4.54. The molecule has 0 fully saturated rings. The van der Waals surface area contributed by atoms with Gasteiger partial charge in [0.1, 0.15) is 5.82 Å². The molecular weight excluding hydrogens is 331 g/mol. The normalized spacial score (nSPS) is 10.2. The molecule has 0 atom stereocenters. The van der Waals surface area contributed by atoms with Crippen LogP contribution < -0.4 is 10.6 Å². The first-order chi connectivity index (χ1) is 12.6. The van der Waals surface area contributed by atoms with Crippen molar-refractivity contribution in [2.45, 2.75) is 6.54 Å². The van der Waals surface area contributed by atoms with Gasteiger partial charge in [0.25, 0.3) is 11.8 Å². The molecule has 5 heteroatoms. The van der Waals surface area contributed by atoms with Crippen molar-refractivity contribution >= 4 is 17.5 Å². The van der Waals surface area contributed by atoms with Gasteiger partial charge in [0.15, 0.2) is 0 Å². The van der Waals surface area contributed by atoms with Crippen molar-refractivity contribution in [3.63, 3.8) is 0 Å². The molecule has 2 N–H and O–H groups in total. The quantitative estimate of drug-likeness (QED) is 0.732. The lowest BCUT2D eigenvalue weighted by atomic mass is 10.1. The number of carbonyl (C=O) groups is 2. The van der Waals surface area contributed by atoms with E-state index in [-0.39, 0.29) is 11.8 Å². The molecule has 0 radical (unpaired) electrons. The number of rotatable bonds is 5. The molecule has 0 aliphatic heterocycles. The van der Waals surface area contributed by atoms with Crippen molar-refractivity contribution in [3.05, 3.63) is 101 Å². The first-order valence-corrected chi connectivity index (χ1v) is 8.11. The van der Waals surface area contributed by atoms with Crippen LogP contribution in [0.3, 0.4) is 0 Å². The van der Waals surface area contributed by atoms with Crippen LogP contribution in [0.15, 0.2) is 78.9 Å². The zero-order valence-corrected chi connectivity index (χ0v) is 13.9. The van der Waals surface area contributed by atoms with Gasteiger partial charge in [-0.15, -0.1) is 0 Å². The van der Waals surface area contributed by atoms with Crippen LogP contribution in [0.1, 0.15) is 26.3 Å². The average Bonchev–Trinajstić information content (AvgIpc) is 2.68. The molecule has 4 nitrogen and oxygen atoms in total. The van der Waals surface area contributed by atoms with Crippen LogP contribution in [0.4, 0.5) is 10.1 Å². The predicted octanol–water partition coefficient (Wildman–Crippen LogP) is 4.01. The van der Waals surface area contributed by atoms with Crippen molar-refractivity contribution in [3.8, 4) is 0 Å². The molecule has 3 aromatic carbocycles. The van der Waals surface area contributed by atoms with E-state index in [1.807, 2.05) is 30.3 Å². The maximum Gasteiger partial charge on any atom is 0.255 e. The highest BCUT2D eigenvalue weighted by atomic mass is 19.1. The Morgan fingerprint density at radius 1 is 0.731 bits per heavy atom. The molecule has 3 rings (SSSR count). The van der Waals surface area contributed by atoms with E-state index in [1.54, 1.807) is 24.3 Å². The number of nitrogens with one attached hydrogen (secondary N) is 2. The summed E-state index contributed by atoms with van der Waals surface area (Å²) in [4.78, 5) is 24.3. The Morgan fingerprint density at radius 3 is 1.96 bits per heavy atom. The van der Waals surface area contributed by atoms with E-state index in [2.05, 4.69) is 10.6 Å². The molecule has 0 aliphatic rings. The fraction of sp³-hybridized carbons (Fsp3) is 0.0476. The fourth-order valence-corrected chi connectivity index (χ4v) is 2.39. The smallest absolute Gasteiger partial charge is 0.255 e. The Balaban J connectivity index is 1.58. The number of hydrogen-bond acceptors (Lipinski definition) is 2. The molecule has 0 aliphatic carbocycles. The summed E-state index contributed by atoms with van der Waals surface area (Å²) in [6.45, 7) is 0.447. The maximum atomic E-state index is 12.9. The molecule has 26 heavy (non-hydrogen) atoms. The monoisotopic (exact) mass is 348 g/mol. The minimum absolute atomic E-state index is 0.190. The average molecular weight is 348 g/mol. The van der Waals surface area contributed by atoms with E-state index < -0.39 is 5.82 Å². The number of carbonyl (C=O) groups excluding carboxylic acids is 2. The van der Waals surface area contributed by atoms with Gasteiger partial charge in [-0.3, -0.25) is 9.59 Å². The summed E-state index contributed by atoms with van der Waals surface area (Å²) < 4.78 is 12.9. The standard InChI is InChI=1S/C21H17FN2O2/c22-18-10-6-17(7-11-18)21(26)24-19-12-8-16(9-13-19)20(25)23-14-15-4-2-1-3-5-15/h1-13H,14H2,(H,23,25)(H,24,26). The molecule has 0 saturated carbocycles. The van der Waals surface area contributed by atoms with Crippen molar-refractivity contribution in [1.29, 1.82) is 0 Å². The Bertz CT molecular complexity index is 892. The van der Waals surface area contributed by atoms with Crippen LogP contribution in [-0.2, 0) is 6.54 Å². The van der Waals surface area contributed by atoms with Crippen LogP contribution in [0, 0.1) is 5.82 Å². The van der Waals surface area contributed by atoms with E-state index in [0.717, 1.165) is 5.56 Å². The van der Waals surface area contributed by atoms with E-state index in [4.69, 9.17) is 0 Å². The number of halogens is 1. The summed E-state index contributed by atoms with van der Waals surface area (Å²) >= 11 is 0. The number of amides is 2. The van der Waals surface area contributed by atoms with Crippen LogP contribution in [0.2, 0.25) is 0 Å². The van der Waals surface area contributed by atoms with Gasteiger partial charge in [-0.2, -0.15) is 0 Å². The van der Waals surface area contributed by atoms with Gasteiger partial charge in [-0.25, -0.2) is 4.39 Å².